The number of nitrogens with one attached hydrogen (secondary N) is 3. The number of esters is 1. The topological polar surface area (TPSA) is 149 Å². The average Bonchev–Trinajstić information content (AvgIpc) is 3.13. The highest BCUT2D eigenvalue weighted by molar-refractivity contribution is 5.90. The smallest absolute Gasteiger partial charge is 0.330 e. The molecule has 35 heavy (non-hydrogen) atoms. The summed E-state index contributed by atoms with van der Waals surface area (Å²) < 4.78 is 10.7. The Labute approximate surface area is 209 Å². The van der Waals surface area contributed by atoms with E-state index in [2.05, 4.69) is 16.0 Å². The molecule has 1 aliphatic heterocycles. The Kier molecular flexibility index (Phi) is 12.4. The first-order valence-corrected chi connectivity index (χ1v) is 12.4. The first-order valence-electron chi connectivity index (χ1n) is 12.4. The Bertz CT molecular complexity index is 762. The second kappa shape index (κ2) is 14.2. The number of carbonyl (C=O) groups is 4. The van der Waals surface area contributed by atoms with Gasteiger partial charge in [0.1, 0.15) is 12.1 Å². The largest absolute Gasteiger partial charge is 0.463 e. The summed E-state index contributed by atoms with van der Waals surface area (Å²) in [4.78, 5) is 50.0. The van der Waals surface area contributed by atoms with E-state index in [9.17, 15) is 19.2 Å². The third-order valence-corrected chi connectivity index (χ3v) is 5.47. The van der Waals surface area contributed by atoms with Gasteiger partial charge in [0.05, 0.1) is 18.3 Å². The van der Waals surface area contributed by atoms with Crippen molar-refractivity contribution in [2.45, 2.75) is 97.6 Å². The molecule has 0 aliphatic carbocycles. The van der Waals surface area contributed by atoms with Crippen LogP contribution in [0.4, 0.5) is 0 Å². The Hall–Kier alpha value is -2.46. The van der Waals surface area contributed by atoms with Crippen molar-refractivity contribution in [3.8, 4) is 0 Å². The molecule has 1 saturated heterocycles. The van der Waals surface area contributed by atoms with Gasteiger partial charge >= 0.3 is 5.97 Å². The lowest BCUT2D eigenvalue weighted by Gasteiger charge is -2.30. The average molecular weight is 497 g/mol. The van der Waals surface area contributed by atoms with Crippen molar-refractivity contribution in [2.75, 3.05) is 13.2 Å². The Balaban J connectivity index is 2.96. The first-order chi connectivity index (χ1) is 16.2. The molecule has 1 fully saturated rings. The van der Waals surface area contributed by atoms with Gasteiger partial charge in [0.25, 0.3) is 0 Å². The molecule has 1 aliphatic rings. The van der Waals surface area contributed by atoms with E-state index in [4.69, 9.17) is 15.2 Å². The Morgan fingerprint density at radius 3 is 2.34 bits per heavy atom. The second-order valence-electron chi connectivity index (χ2n) is 10.4. The fourth-order valence-corrected chi connectivity index (χ4v) is 3.85. The van der Waals surface area contributed by atoms with Crippen LogP contribution in [-0.2, 0) is 28.7 Å². The van der Waals surface area contributed by atoms with Crippen molar-refractivity contribution < 1.29 is 28.7 Å². The maximum Gasteiger partial charge on any atom is 0.330 e. The number of rotatable bonds is 13. The summed E-state index contributed by atoms with van der Waals surface area (Å²) >= 11 is 0. The molecular formula is C25H44N4O6. The highest BCUT2D eigenvalue weighted by Gasteiger charge is 2.32. The van der Waals surface area contributed by atoms with Gasteiger partial charge in [-0.15, -0.1) is 0 Å². The van der Waals surface area contributed by atoms with E-state index in [0.29, 0.717) is 25.8 Å². The van der Waals surface area contributed by atoms with Crippen LogP contribution in [0.15, 0.2) is 12.2 Å². The third kappa shape index (κ3) is 11.7. The zero-order valence-corrected chi connectivity index (χ0v) is 22.2. The summed E-state index contributed by atoms with van der Waals surface area (Å²) in [5.74, 6) is -1.70. The fourth-order valence-electron chi connectivity index (χ4n) is 3.85. The van der Waals surface area contributed by atoms with Crippen LogP contribution in [0.2, 0.25) is 0 Å². The molecule has 0 bridgehead atoms. The quantitative estimate of drug-likeness (QED) is 0.221. The monoisotopic (exact) mass is 496 g/mol. The van der Waals surface area contributed by atoms with E-state index in [1.54, 1.807) is 13.8 Å². The predicted molar refractivity (Wildman–Crippen MR) is 133 cm³/mol. The SMILES string of the molecule is CCOC(=O)C=C[C@H](C[C@@H]1CCNC1=O)NC(=O)[C@H](CC(C)C)NC(=O)[C@@H](N)C(C)OC(C)(C)C. The summed E-state index contributed by atoms with van der Waals surface area (Å²) in [5, 5.41) is 8.41. The van der Waals surface area contributed by atoms with E-state index in [1.165, 1.54) is 12.2 Å². The van der Waals surface area contributed by atoms with Gasteiger partial charge in [-0.25, -0.2) is 4.79 Å². The standard InChI is InChI=1S/C25H44N4O6/c1-8-34-20(30)10-9-18(14-17-11-12-27-22(17)31)28-23(32)19(13-15(2)3)29-24(33)21(26)16(4)35-25(5,6)7/h9-10,15-19,21H,8,11-14,26H2,1-7H3,(H,27,31)(H,28,32)(H,29,33)/t16?,17-,18+,19-,21-/m0/s1. The van der Waals surface area contributed by atoms with Gasteiger partial charge in [-0.05, 0) is 59.8 Å². The molecule has 1 rings (SSSR count). The highest BCUT2D eigenvalue weighted by atomic mass is 16.5. The summed E-state index contributed by atoms with van der Waals surface area (Å²) in [7, 11) is 0. The molecule has 0 radical (unpaired) electrons. The predicted octanol–water partition coefficient (Wildman–Crippen LogP) is 1.18. The molecule has 5 atom stereocenters. The van der Waals surface area contributed by atoms with E-state index in [0.717, 1.165) is 0 Å². The number of ether oxygens (including phenoxy) is 2. The van der Waals surface area contributed by atoms with Crippen molar-refractivity contribution in [1.82, 2.24) is 16.0 Å². The molecule has 200 valence electrons. The molecule has 0 aromatic rings. The van der Waals surface area contributed by atoms with E-state index < -0.39 is 47.6 Å². The number of hydrogen-bond donors (Lipinski definition) is 4. The first kappa shape index (κ1) is 30.6. The summed E-state index contributed by atoms with van der Waals surface area (Å²) in [6, 6.07) is -2.39. The third-order valence-electron chi connectivity index (χ3n) is 5.47. The molecule has 0 aromatic carbocycles. The van der Waals surface area contributed by atoms with Gasteiger partial charge in [0.2, 0.25) is 17.7 Å². The Morgan fingerprint density at radius 1 is 1.17 bits per heavy atom. The molecule has 0 saturated carbocycles. The van der Waals surface area contributed by atoms with Crippen LogP contribution in [-0.4, -0.2) is 66.7 Å². The maximum atomic E-state index is 13.2. The van der Waals surface area contributed by atoms with Crippen LogP contribution in [0.25, 0.3) is 0 Å². The molecule has 1 heterocycles. The number of carbonyl (C=O) groups excluding carboxylic acids is 4. The Morgan fingerprint density at radius 2 is 1.83 bits per heavy atom. The minimum absolute atomic E-state index is 0.0837. The van der Waals surface area contributed by atoms with Crippen molar-refractivity contribution >= 4 is 23.7 Å². The zero-order valence-electron chi connectivity index (χ0n) is 22.2. The van der Waals surface area contributed by atoms with Gasteiger partial charge in [-0.3, -0.25) is 14.4 Å². The van der Waals surface area contributed by atoms with Gasteiger partial charge in [0.15, 0.2) is 0 Å². The van der Waals surface area contributed by atoms with Crippen molar-refractivity contribution in [3.63, 3.8) is 0 Å². The number of amides is 3. The maximum absolute atomic E-state index is 13.2. The molecule has 3 amide bonds. The summed E-state index contributed by atoms with van der Waals surface area (Å²) in [5.41, 5.74) is 5.63. The fraction of sp³-hybridized carbons (Fsp3) is 0.760. The van der Waals surface area contributed by atoms with E-state index in [-0.39, 0.29) is 24.3 Å². The second-order valence-corrected chi connectivity index (χ2v) is 10.4. The van der Waals surface area contributed by atoms with E-state index in [1.807, 2.05) is 34.6 Å². The van der Waals surface area contributed by atoms with Crippen LogP contribution >= 0.6 is 0 Å². The van der Waals surface area contributed by atoms with Gasteiger partial charge in [0, 0.05) is 24.6 Å². The van der Waals surface area contributed by atoms with Gasteiger partial charge < -0.3 is 31.2 Å². The van der Waals surface area contributed by atoms with Crippen LogP contribution < -0.4 is 21.7 Å². The van der Waals surface area contributed by atoms with Crippen LogP contribution in [0.1, 0.15) is 67.7 Å². The summed E-state index contributed by atoms with van der Waals surface area (Å²) in [6.45, 7) is 13.7. The molecule has 10 nitrogen and oxygen atoms in total. The van der Waals surface area contributed by atoms with Crippen molar-refractivity contribution in [1.29, 1.82) is 0 Å². The lowest BCUT2D eigenvalue weighted by atomic mass is 9.96. The van der Waals surface area contributed by atoms with Crippen molar-refractivity contribution in [3.05, 3.63) is 12.2 Å². The number of nitrogens with two attached hydrogens (primary N) is 1. The minimum atomic E-state index is -0.960. The molecule has 1 unspecified atom stereocenters. The lowest BCUT2D eigenvalue weighted by Crippen LogP contribution is -2.56. The van der Waals surface area contributed by atoms with Crippen LogP contribution in [0, 0.1) is 11.8 Å². The molecule has 0 aromatic heterocycles. The molecule has 5 N–H and O–H groups in total. The van der Waals surface area contributed by atoms with Crippen LogP contribution in [0.3, 0.4) is 0 Å². The van der Waals surface area contributed by atoms with Gasteiger partial charge in [-0.1, -0.05) is 19.9 Å². The summed E-state index contributed by atoms with van der Waals surface area (Å²) in [6.07, 6.45) is 3.58. The number of hydrogen-bond acceptors (Lipinski definition) is 7. The molecule has 10 heteroatoms. The minimum Gasteiger partial charge on any atom is -0.463 e. The van der Waals surface area contributed by atoms with Crippen LogP contribution in [0.5, 0.6) is 0 Å². The lowest BCUT2D eigenvalue weighted by molar-refractivity contribution is -0.137. The zero-order chi connectivity index (χ0) is 26.8. The van der Waals surface area contributed by atoms with Crippen molar-refractivity contribution in [2.24, 2.45) is 17.6 Å². The van der Waals surface area contributed by atoms with Gasteiger partial charge in [-0.2, -0.15) is 0 Å². The normalized spacial score (nSPS) is 19.7. The molecule has 0 spiro atoms. The molecular weight excluding hydrogens is 452 g/mol. The highest BCUT2D eigenvalue weighted by Crippen LogP contribution is 2.18. The van der Waals surface area contributed by atoms with E-state index >= 15 is 0 Å².